The summed E-state index contributed by atoms with van der Waals surface area (Å²) in [6.07, 6.45) is 3.62. The average Bonchev–Trinajstić information content (AvgIpc) is 3.27. The molecular formula is C20H19ClN4OS2. The molecule has 0 saturated heterocycles. The summed E-state index contributed by atoms with van der Waals surface area (Å²) in [4.78, 5) is 8.50. The maximum absolute atomic E-state index is 11.6. The van der Waals surface area contributed by atoms with E-state index in [1.165, 1.54) is 0 Å². The zero-order valence-electron chi connectivity index (χ0n) is 15.7. The molecule has 0 aliphatic carbocycles. The van der Waals surface area contributed by atoms with E-state index in [0.717, 1.165) is 31.8 Å². The molecule has 144 valence electrons. The van der Waals surface area contributed by atoms with Crippen molar-refractivity contribution in [2.45, 2.75) is 17.9 Å². The van der Waals surface area contributed by atoms with Crippen LogP contribution in [-0.2, 0) is 10.8 Å². The number of nitrogens with zero attached hydrogens (tertiary/aromatic N) is 4. The molecule has 0 saturated carbocycles. The molecule has 2 aromatic heterocycles. The van der Waals surface area contributed by atoms with Crippen molar-refractivity contribution in [3.63, 3.8) is 0 Å². The number of hydrogen-bond acceptors (Lipinski definition) is 5. The molecule has 0 bridgehead atoms. The summed E-state index contributed by atoms with van der Waals surface area (Å²) in [5.41, 5.74) is 3.03. The first-order chi connectivity index (χ1) is 13.4. The van der Waals surface area contributed by atoms with Crippen LogP contribution in [0, 0.1) is 0 Å². The highest BCUT2D eigenvalue weighted by Crippen LogP contribution is 2.31. The average molecular weight is 431 g/mol. The van der Waals surface area contributed by atoms with E-state index in [0.29, 0.717) is 5.02 Å². The van der Waals surface area contributed by atoms with Crippen molar-refractivity contribution in [3.8, 4) is 11.3 Å². The number of benzene rings is 2. The van der Waals surface area contributed by atoms with Crippen molar-refractivity contribution in [2.24, 2.45) is 0 Å². The summed E-state index contributed by atoms with van der Waals surface area (Å²) in [6.45, 7) is 2.13. The molecule has 28 heavy (non-hydrogen) atoms. The van der Waals surface area contributed by atoms with Crippen LogP contribution in [0.15, 0.2) is 59.6 Å². The van der Waals surface area contributed by atoms with E-state index in [4.69, 9.17) is 21.7 Å². The number of fused-ring (bicyclic) bond motifs is 1. The van der Waals surface area contributed by atoms with Gasteiger partial charge in [-0.25, -0.2) is 9.50 Å². The molecule has 5 nitrogen and oxygen atoms in total. The van der Waals surface area contributed by atoms with Crippen LogP contribution in [0.25, 0.3) is 16.2 Å². The van der Waals surface area contributed by atoms with Gasteiger partial charge in [0.25, 0.3) is 0 Å². The quantitative estimate of drug-likeness (QED) is 0.444. The van der Waals surface area contributed by atoms with Gasteiger partial charge in [0.2, 0.25) is 10.1 Å². The fourth-order valence-electron chi connectivity index (χ4n) is 2.92. The molecule has 8 heteroatoms. The Hall–Kier alpha value is -2.22. The number of rotatable bonds is 5. The maximum Gasteiger partial charge on any atom is 0.214 e. The summed E-state index contributed by atoms with van der Waals surface area (Å²) >= 11 is 7.51. The number of anilines is 1. The minimum absolute atomic E-state index is 0.130. The fraction of sp³-hybridized carbons (Fsp3) is 0.200. The SMILES string of the molecule is CC(c1ccc(S(C)=O)cc1)N(C)c1nn2cc(-c3ccc(Cl)cc3)nc2s1. The second-order valence-electron chi connectivity index (χ2n) is 6.55. The molecule has 0 amide bonds. The number of imidazole rings is 1. The summed E-state index contributed by atoms with van der Waals surface area (Å²) < 4.78 is 13.4. The number of hydrogen-bond donors (Lipinski definition) is 0. The van der Waals surface area contributed by atoms with E-state index < -0.39 is 10.8 Å². The van der Waals surface area contributed by atoms with Crippen LogP contribution in [0.2, 0.25) is 5.02 Å². The van der Waals surface area contributed by atoms with Gasteiger partial charge in [0.15, 0.2) is 0 Å². The summed E-state index contributed by atoms with van der Waals surface area (Å²) in [5.74, 6) is 0. The van der Waals surface area contributed by atoms with E-state index in [1.807, 2.05) is 66.3 Å². The van der Waals surface area contributed by atoms with Gasteiger partial charge in [-0.05, 0) is 36.8 Å². The second kappa shape index (κ2) is 7.66. The molecule has 2 atom stereocenters. The number of aromatic nitrogens is 3. The standard InChI is InChI=1S/C20H19ClN4OS2/c1-13(14-6-10-17(11-7-14)28(3)26)24(2)20-23-25-12-18(22-19(25)27-20)15-4-8-16(21)9-5-15/h4-13H,1-3H3. The lowest BCUT2D eigenvalue weighted by Crippen LogP contribution is -2.21. The first-order valence-electron chi connectivity index (χ1n) is 8.71. The van der Waals surface area contributed by atoms with E-state index in [1.54, 1.807) is 17.6 Å². The fourth-order valence-corrected chi connectivity index (χ4v) is 4.49. The summed E-state index contributed by atoms with van der Waals surface area (Å²) in [5, 5.41) is 6.29. The molecule has 0 fully saturated rings. The van der Waals surface area contributed by atoms with Crippen molar-refractivity contribution in [1.29, 1.82) is 0 Å². The predicted molar refractivity (Wildman–Crippen MR) is 117 cm³/mol. The Balaban J connectivity index is 1.57. The Kier molecular flexibility index (Phi) is 5.23. The second-order valence-corrected chi connectivity index (χ2v) is 9.31. The molecule has 4 rings (SSSR count). The summed E-state index contributed by atoms with van der Waals surface area (Å²) in [6, 6.07) is 15.6. The third kappa shape index (κ3) is 3.70. The van der Waals surface area contributed by atoms with Crippen LogP contribution in [-0.4, -0.2) is 32.1 Å². The minimum atomic E-state index is -0.965. The molecular weight excluding hydrogens is 412 g/mol. The van der Waals surface area contributed by atoms with E-state index in [-0.39, 0.29) is 6.04 Å². The molecule has 0 N–H and O–H groups in total. The van der Waals surface area contributed by atoms with Crippen molar-refractivity contribution in [2.75, 3.05) is 18.2 Å². The Bertz CT molecular complexity index is 1100. The van der Waals surface area contributed by atoms with Gasteiger partial charge in [-0.15, -0.1) is 5.10 Å². The highest BCUT2D eigenvalue weighted by Gasteiger charge is 2.18. The van der Waals surface area contributed by atoms with Crippen LogP contribution in [0.3, 0.4) is 0 Å². The van der Waals surface area contributed by atoms with Crippen LogP contribution < -0.4 is 4.90 Å². The molecule has 2 unspecified atom stereocenters. The molecule has 4 aromatic rings. The first-order valence-corrected chi connectivity index (χ1v) is 11.5. The third-order valence-electron chi connectivity index (χ3n) is 4.75. The van der Waals surface area contributed by atoms with Gasteiger partial charge in [-0.1, -0.05) is 47.2 Å². The largest absolute Gasteiger partial charge is 0.343 e. The van der Waals surface area contributed by atoms with Gasteiger partial charge in [0.1, 0.15) is 0 Å². The molecule has 0 spiro atoms. The van der Waals surface area contributed by atoms with Gasteiger partial charge >= 0.3 is 0 Å². The lowest BCUT2D eigenvalue weighted by atomic mass is 10.1. The highest BCUT2D eigenvalue weighted by molar-refractivity contribution is 7.84. The van der Waals surface area contributed by atoms with E-state index in [2.05, 4.69) is 11.8 Å². The zero-order chi connectivity index (χ0) is 19.8. The molecule has 2 heterocycles. The monoisotopic (exact) mass is 430 g/mol. The first kappa shape index (κ1) is 19.1. The molecule has 2 aromatic carbocycles. The lowest BCUT2D eigenvalue weighted by Gasteiger charge is -2.24. The van der Waals surface area contributed by atoms with Crippen molar-refractivity contribution in [1.82, 2.24) is 14.6 Å². The van der Waals surface area contributed by atoms with Crippen molar-refractivity contribution >= 4 is 43.8 Å². The smallest absolute Gasteiger partial charge is 0.214 e. The Morgan fingerprint density at radius 2 is 1.82 bits per heavy atom. The molecule has 0 aliphatic heterocycles. The van der Waals surface area contributed by atoms with Crippen LogP contribution >= 0.6 is 22.9 Å². The van der Waals surface area contributed by atoms with Crippen molar-refractivity contribution < 1.29 is 4.21 Å². The van der Waals surface area contributed by atoms with Crippen LogP contribution in [0.1, 0.15) is 18.5 Å². The molecule has 0 aliphatic rings. The Morgan fingerprint density at radius 3 is 2.43 bits per heavy atom. The summed E-state index contributed by atoms with van der Waals surface area (Å²) in [7, 11) is 1.06. The third-order valence-corrected chi connectivity index (χ3v) is 6.95. The molecule has 0 radical (unpaired) electrons. The van der Waals surface area contributed by atoms with Gasteiger partial charge in [-0.3, -0.25) is 4.21 Å². The lowest BCUT2D eigenvalue weighted by molar-refractivity contribution is 0.686. The topological polar surface area (TPSA) is 50.5 Å². The normalized spacial score (nSPS) is 13.6. The van der Waals surface area contributed by atoms with E-state index in [9.17, 15) is 4.21 Å². The Morgan fingerprint density at radius 1 is 1.14 bits per heavy atom. The van der Waals surface area contributed by atoms with Gasteiger partial charge in [-0.2, -0.15) is 0 Å². The minimum Gasteiger partial charge on any atom is -0.343 e. The Labute approximate surface area is 175 Å². The van der Waals surface area contributed by atoms with Gasteiger partial charge in [0.05, 0.1) is 17.9 Å². The van der Waals surface area contributed by atoms with E-state index >= 15 is 0 Å². The van der Waals surface area contributed by atoms with Gasteiger partial charge < -0.3 is 4.90 Å². The maximum atomic E-state index is 11.6. The zero-order valence-corrected chi connectivity index (χ0v) is 18.1. The number of halogens is 1. The highest BCUT2D eigenvalue weighted by atomic mass is 35.5. The van der Waals surface area contributed by atoms with Crippen molar-refractivity contribution in [3.05, 3.63) is 65.3 Å². The van der Waals surface area contributed by atoms with Crippen LogP contribution in [0.4, 0.5) is 5.13 Å². The van der Waals surface area contributed by atoms with Crippen LogP contribution in [0.5, 0.6) is 0 Å². The van der Waals surface area contributed by atoms with Gasteiger partial charge in [0, 0.05) is 39.6 Å². The predicted octanol–water partition coefficient (Wildman–Crippen LogP) is 5.05.